The number of hydrogen-bond donors (Lipinski definition) is 1. The van der Waals surface area contributed by atoms with Gasteiger partial charge in [0.2, 0.25) is 0 Å². The molecule has 0 aliphatic heterocycles. The molecule has 2 N–H and O–H groups in total. The Morgan fingerprint density at radius 1 is 1.21 bits per heavy atom. The molecule has 1 aromatic heterocycles. The summed E-state index contributed by atoms with van der Waals surface area (Å²) in [6, 6.07) is 8.66. The topological polar surface area (TPSA) is 43.8 Å². The van der Waals surface area contributed by atoms with Crippen LogP contribution in [-0.4, -0.2) is 9.78 Å². The Labute approximate surface area is 115 Å². The van der Waals surface area contributed by atoms with Crippen molar-refractivity contribution in [2.24, 2.45) is 5.73 Å². The second kappa shape index (κ2) is 6.02. The molecular weight excluding hydrogens is 234 g/mol. The predicted octanol–water partition coefficient (Wildman–Crippen LogP) is 3.15. The van der Waals surface area contributed by atoms with Gasteiger partial charge in [0.05, 0.1) is 11.7 Å². The summed E-state index contributed by atoms with van der Waals surface area (Å²) in [5.41, 5.74) is 11.4. The first-order valence-corrected chi connectivity index (χ1v) is 6.94. The van der Waals surface area contributed by atoms with Crippen LogP contribution in [0.4, 0.5) is 0 Å². The molecule has 0 saturated heterocycles. The van der Waals surface area contributed by atoms with E-state index in [1.165, 1.54) is 16.7 Å². The van der Waals surface area contributed by atoms with Gasteiger partial charge >= 0.3 is 0 Å². The molecule has 0 radical (unpaired) electrons. The van der Waals surface area contributed by atoms with Crippen LogP contribution in [0.25, 0.3) is 0 Å². The number of benzene rings is 1. The summed E-state index contributed by atoms with van der Waals surface area (Å²) in [7, 11) is 0. The van der Waals surface area contributed by atoms with Crippen molar-refractivity contribution >= 4 is 0 Å². The van der Waals surface area contributed by atoms with E-state index in [2.05, 4.69) is 44.1 Å². The summed E-state index contributed by atoms with van der Waals surface area (Å²) in [5.74, 6) is 0. The molecule has 0 saturated carbocycles. The lowest BCUT2D eigenvalue weighted by Crippen LogP contribution is -2.18. The van der Waals surface area contributed by atoms with E-state index in [9.17, 15) is 0 Å². The quantitative estimate of drug-likeness (QED) is 0.894. The molecule has 1 unspecified atom stereocenters. The van der Waals surface area contributed by atoms with Gasteiger partial charge in [0.25, 0.3) is 0 Å². The summed E-state index contributed by atoms with van der Waals surface area (Å²) < 4.78 is 2.02. The molecule has 1 atom stereocenters. The smallest absolute Gasteiger partial charge is 0.0554 e. The molecule has 0 bridgehead atoms. The second-order valence-corrected chi connectivity index (χ2v) is 5.29. The largest absolute Gasteiger partial charge is 0.322 e. The minimum Gasteiger partial charge on any atom is -0.322 e. The van der Waals surface area contributed by atoms with Crippen LogP contribution in [0.2, 0.25) is 0 Å². The first-order chi connectivity index (χ1) is 9.10. The van der Waals surface area contributed by atoms with Crippen LogP contribution in [0.3, 0.4) is 0 Å². The van der Waals surface area contributed by atoms with Gasteiger partial charge in [0.1, 0.15) is 0 Å². The van der Waals surface area contributed by atoms with Crippen molar-refractivity contribution in [1.29, 1.82) is 0 Å². The lowest BCUT2D eigenvalue weighted by molar-refractivity contribution is 0.537. The Morgan fingerprint density at radius 2 is 1.89 bits per heavy atom. The van der Waals surface area contributed by atoms with E-state index in [1.54, 1.807) is 0 Å². The maximum Gasteiger partial charge on any atom is 0.0554 e. The monoisotopic (exact) mass is 257 g/mol. The standard InChI is InChI=1S/C16H23N3/c1-4-7-19-16(5-6-18-19)15(17)11-14-9-12(2)8-13(3)10-14/h5-6,8-10,15H,4,7,11,17H2,1-3H3. The lowest BCUT2D eigenvalue weighted by atomic mass is 10.00. The van der Waals surface area contributed by atoms with Gasteiger partial charge in [-0.1, -0.05) is 36.2 Å². The SMILES string of the molecule is CCCn1nccc1C(N)Cc1cc(C)cc(C)c1. The van der Waals surface area contributed by atoms with E-state index in [0.29, 0.717) is 0 Å². The molecule has 1 aromatic carbocycles. The van der Waals surface area contributed by atoms with Gasteiger partial charge in [-0.15, -0.1) is 0 Å². The summed E-state index contributed by atoms with van der Waals surface area (Å²) in [6.07, 6.45) is 3.77. The van der Waals surface area contributed by atoms with E-state index >= 15 is 0 Å². The molecule has 3 heteroatoms. The van der Waals surface area contributed by atoms with Gasteiger partial charge in [0, 0.05) is 12.7 Å². The van der Waals surface area contributed by atoms with Crippen LogP contribution in [0.1, 0.15) is 41.8 Å². The molecule has 102 valence electrons. The molecule has 0 spiro atoms. The molecule has 0 aliphatic carbocycles. The van der Waals surface area contributed by atoms with Crippen LogP contribution in [0, 0.1) is 13.8 Å². The highest BCUT2D eigenvalue weighted by atomic mass is 15.3. The predicted molar refractivity (Wildman–Crippen MR) is 79.1 cm³/mol. The summed E-state index contributed by atoms with van der Waals surface area (Å²) in [4.78, 5) is 0. The maximum atomic E-state index is 6.34. The molecule has 1 heterocycles. The van der Waals surface area contributed by atoms with Crippen LogP contribution < -0.4 is 5.73 Å². The number of aryl methyl sites for hydroxylation is 3. The Bertz CT molecular complexity index is 522. The number of hydrogen-bond acceptors (Lipinski definition) is 2. The highest BCUT2D eigenvalue weighted by molar-refractivity contribution is 5.29. The molecule has 2 rings (SSSR count). The minimum absolute atomic E-state index is 0.00949. The fourth-order valence-electron chi connectivity index (χ4n) is 2.60. The van der Waals surface area contributed by atoms with E-state index in [-0.39, 0.29) is 6.04 Å². The summed E-state index contributed by atoms with van der Waals surface area (Å²) in [6.45, 7) is 7.34. The second-order valence-electron chi connectivity index (χ2n) is 5.29. The molecule has 3 nitrogen and oxygen atoms in total. The first-order valence-electron chi connectivity index (χ1n) is 6.94. The zero-order valence-corrected chi connectivity index (χ0v) is 12.1. The normalized spacial score (nSPS) is 12.6. The Kier molecular flexibility index (Phi) is 4.38. The number of nitrogens with two attached hydrogens (primary N) is 1. The zero-order valence-electron chi connectivity index (χ0n) is 12.1. The zero-order chi connectivity index (χ0) is 13.8. The van der Waals surface area contributed by atoms with E-state index in [1.807, 2.05) is 16.9 Å². The third kappa shape index (κ3) is 3.44. The molecule has 0 fully saturated rings. The number of rotatable bonds is 5. The minimum atomic E-state index is 0.00949. The van der Waals surface area contributed by atoms with Crippen molar-refractivity contribution in [2.45, 2.75) is 46.2 Å². The fraction of sp³-hybridized carbons (Fsp3) is 0.438. The van der Waals surface area contributed by atoms with Crippen LogP contribution in [-0.2, 0) is 13.0 Å². The average molecular weight is 257 g/mol. The van der Waals surface area contributed by atoms with E-state index in [4.69, 9.17) is 5.73 Å². The molecular formula is C16H23N3. The van der Waals surface area contributed by atoms with Gasteiger partial charge in [0.15, 0.2) is 0 Å². The van der Waals surface area contributed by atoms with Gasteiger partial charge in [-0.2, -0.15) is 5.10 Å². The third-order valence-corrected chi connectivity index (χ3v) is 3.30. The van der Waals surface area contributed by atoms with Crippen molar-refractivity contribution in [3.63, 3.8) is 0 Å². The highest BCUT2D eigenvalue weighted by Gasteiger charge is 2.12. The van der Waals surface area contributed by atoms with Gasteiger partial charge in [-0.25, -0.2) is 0 Å². The molecule has 2 aromatic rings. The Balaban J connectivity index is 2.15. The summed E-state index contributed by atoms with van der Waals surface area (Å²) in [5, 5.41) is 4.34. The fourth-order valence-corrected chi connectivity index (χ4v) is 2.60. The van der Waals surface area contributed by atoms with Crippen LogP contribution in [0.15, 0.2) is 30.5 Å². The van der Waals surface area contributed by atoms with Crippen molar-refractivity contribution in [3.8, 4) is 0 Å². The van der Waals surface area contributed by atoms with Gasteiger partial charge in [-0.3, -0.25) is 4.68 Å². The van der Waals surface area contributed by atoms with Crippen molar-refractivity contribution < 1.29 is 0 Å². The lowest BCUT2D eigenvalue weighted by Gasteiger charge is -2.15. The van der Waals surface area contributed by atoms with Crippen molar-refractivity contribution in [1.82, 2.24) is 9.78 Å². The Morgan fingerprint density at radius 3 is 2.53 bits per heavy atom. The van der Waals surface area contributed by atoms with Crippen LogP contribution >= 0.6 is 0 Å². The number of nitrogens with zero attached hydrogens (tertiary/aromatic N) is 2. The average Bonchev–Trinajstić information content (AvgIpc) is 2.76. The molecule has 0 aliphatic rings. The highest BCUT2D eigenvalue weighted by Crippen LogP contribution is 2.18. The van der Waals surface area contributed by atoms with Crippen LogP contribution in [0.5, 0.6) is 0 Å². The van der Waals surface area contributed by atoms with Crippen molar-refractivity contribution in [2.75, 3.05) is 0 Å². The van der Waals surface area contributed by atoms with Gasteiger partial charge in [-0.05, 0) is 38.3 Å². The number of aromatic nitrogens is 2. The third-order valence-electron chi connectivity index (χ3n) is 3.30. The van der Waals surface area contributed by atoms with Gasteiger partial charge < -0.3 is 5.73 Å². The maximum absolute atomic E-state index is 6.34. The van der Waals surface area contributed by atoms with E-state index in [0.717, 1.165) is 25.1 Å². The van der Waals surface area contributed by atoms with Crippen molar-refractivity contribution in [3.05, 3.63) is 52.8 Å². The Hall–Kier alpha value is -1.61. The molecule has 19 heavy (non-hydrogen) atoms. The first kappa shape index (κ1) is 13.8. The molecule has 0 amide bonds. The summed E-state index contributed by atoms with van der Waals surface area (Å²) >= 11 is 0. The van der Waals surface area contributed by atoms with E-state index < -0.39 is 0 Å².